The minimum Gasteiger partial charge on any atom is -0.493 e. The molecule has 1 atom stereocenters. The first-order valence-corrected chi connectivity index (χ1v) is 5.29. The van der Waals surface area contributed by atoms with Crippen LogP contribution in [-0.4, -0.2) is 13.2 Å². The van der Waals surface area contributed by atoms with Gasteiger partial charge in [-0.2, -0.15) is 0 Å². The lowest BCUT2D eigenvalue weighted by Gasteiger charge is -2.18. The Hall–Kier alpha value is -1.06. The van der Waals surface area contributed by atoms with E-state index in [2.05, 4.69) is 19.1 Å². The van der Waals surface area contributed by atoms with E-state index in [0.717, 1.165) is 16.9 Å². The molecule has 15 heavy (non-hydrogen) atoms. The molecule has 1 unspecified atom stereocenters. The smallest absolute Gasteiger partial charge is 0.127 e. The third kappa shape index (κ3) is 2.70. The molecular weight excluding hydrogens is 188 g/mol. The van der Waals surface area contributed by atoms with Crippen LogP contribution in [-0.2, 0) is 0 Å². The largest absolute Gasteiger partial charge is 0.493 e. The summed E-state index contributed by atoms with van der Waals surface area (Å²) < 4.78 is 5.61. The van der Waals surface area contributed by atoms with Crippen LogP contribution in [0.2, 0.25) is 0 Å². The lowest BCUT2D eigenvalue weighted by atomic mass is 10.00. The highest BCUT2D eigenvalue weighted by Gasteiger charge is 2.13. The van der Waals surface area contributed by atoms with Crippen molar-refractivity contribution in [1.82, 2.24) is 0 Å². The van der Waals surface area contributed by atoms with Crippen molar-refractivity contribution in [2.45, 2.75) is 26.8 Å². The Labute approximate surface area is 91.4 Å². The van der Waals surface area contributed by atoms with Gasteiger partial charge in [0.05, 0.1) is 6.61 Å². The Balaban J connectivity index is 3.20. The van der Waals surface area contributed by atoms with Crippen LogP contribution in [0.5, 0.6) is 5.75 Å². The molecule has 1 aromatic rings. The molecule has 0 aromatic heterocycles. The van der Waals surface area contributed by atoms with Crippen molar-refractivity contribution in [1.29, 1.82) is 0 Å². The summed E-state index contributed by atoms with van der Waals surface area (Å²) in [5, 5.41) is 0. The molecule has 0 heterocycles. The summed E-state index contributed by atoms with van der Waals surface area (Å²) in [6, 6.07) is 4.00. The number of benzene rings is 1. The van der Waals surface area contributed by atoms with E-state index in [4.69, 9.17) is 16.2 Å². The topological polar surface area (TPSA) is 61.3 Å². The minimum absolute atomic E-state index is 0.148. The highest BCUT2D eigenvalue weighted by atomic mass is 16.5. The van der Waals surface area contributed by atoms with E-state index >= 15 is 0 Å². The fourth-order valence-electron chi connectivity index (χ4n) is 1.73. The number of hydrogen-bond acceptors (Lipinski definition) is 3. The average molecular weight is 208 g/mol. The Bertz CT molecular complexity index is 337. The van der Waals surface area contributed by atoms with Gasteiger partial charge in [-0.3, -0.25) is 0 Å². The maximum atomic E-state index is 5.96. The molecule has 3 nitrogen and oxygen atoms in total. The fraction of sp³-hybridized carbons (Fsp3) is 0.500. The molecule has 0 radical (unpaired) electrons. The van der Waals surface area contributed by atoms with Gasteiger partial charge in [-0.1, -0.05) is 17.7 Å². The van der Waals surface area contributed by atoms with Crippen LogP contribution in [0.4, 0.5) is 0 Å². The molecule has 0 spiro atoms. The zero-order valence-electron chi connectivity index (χ0n) is 9.71. The van der Waals surface area contributed by atoms with E-state index in [1.54, 1.807) is 0 Å². The molecule has 0 bridgehead atoms. The van der Waals surface area contributed by atoms with Gasteiger partial charge in [-0.05, 0) is 26.3 Å². The molecular formula is C12H20N2O. The molecule has 0 saturated heterocycles. The molecule has 0 aliphatic rings. The highest BCUT2D eigenvalue weighted by Crippen LogP contribution is 2.29. The van der Waals surface area contributed by atoms with Crippen LogP contribution >= 0.6 is 0 Å². The Morgan fingerprint density at radius 2 is 2.00 bits per heavy atom. The summed E-state index contributed by atoms with van der Waals surface area (Å²) in [6.07, 6.45) is 0. The van der Waals surface area contributed by atoms with E-state index in [1.165, 1.54) is 5.56 Å². The van der Waals surface area contributed by atoms with Gasteiger partial charge >= 0.3 is 0 Å². The van der Waals surface area contributed by atoms with E-state index < -0.39 is 0 Å². The van der Waals surface area contributed by atoms with Crippen molar-refractivity contribution in [3.05, 3.63) is 28.8 Å². The second-order valence-corrected chi connectivity index (χ2v) is 3.78. The standard InChI is InChI=1S/C12H20N2O/c1-4-15-12-9(3)5-8(2)6-10(12)11(14)7-13/h5-6,11H,4,7,13-14H2,1-3H3. The molecule has 1 aromatic carbocycles. The second-order valence-electron chi connectivity index (χ2n) is 3.78. The van der Waals surface area contributed by atoms with E-state index in [0.29, 0.717) is 13.2 Å². The first-order valence-electron chi connectivity index (χ1n) is 5.29. The van der Waals surface area contributed by atoms with Crippen LogP contribution in [0.1, 0.15) is 29.7 Å². The van der Waals surface area contributed by atoms with Crippen molar-refractivity contribution in [2.24, 2.45) is 11.5 Å². The van der Waals surface area contributed by atoms with Gasteiger partial charge in [0.1, 0.15) is 5.75 Å². The summed E-state index contributed by atoms with van der Waals surface area (Å²) in [6.45, 7) is 7.13. The van der Waals surface area contributed by atoms with Crippen LogP contribution in [0.25, 0.3) is 0 Å². The maximum absolute atomic E-state index is 5.96. The molecule has 0 fully saturated rings. The predicted octanol–water partition coefficient (Wildman–Crippen LogP) is 1.66. The normalized spacial score (nSPS) is 12.6. The summed E-state index contributed by atoms with van der Waals surface area (Å²) >= 11 is 0. The highest BCUT2D eigenvalue weighted by molar-refractivity contribution is 5.45. The van der Waals surface area contributed by atoms with Crippen LogP contribution in [0.3, 0.4) is 0 Å². The monoisotopic (exact) mass is 208 g/mol. The van der Waals surface area contributed by atoms with Crippen molar-refractivity contribution < 1.29 is 4.74 Å². The van der Waals surface area contributed by atoms with Gasteiger partial charge in [-0.25, -0.2) is 0 Å². The molecule has 84 valence electrons. The van der Waals surface area contributed by atoms with Gasteiger partial charge in [-0.15, -0.1) is 0 Å². The lowest BCUT2D eigenvalue weighted by molar-refractivity contribution is 0.332. The van der Waals surface area contributed by atoms with Gasteiger partial charge in [0, 0.05) is 18.2 Å². The predicted molar refractivity (Wildman–Crippen MR) is 63.1 cm³/mol. The number of nitrogens with two attached hydrogens (primary N) is 2. The van der Waals surface area contributed by atoms with Gasteiger partial charge in [0.2, 0.25) is 0 Å². The number of hydrogen-bond donors (Lipinski definition) is 2. The van der Waals surface area contributed by atoms with Gasteiger partial charge in [0.25, 0.3) is 0 Å². The third-order valence-electron chi connectivity index (χ3n) is 2.39. The molecule has 4 N–H and O–H groups in total. The number of ether oxygens (including phenoxy) is 1. The van der Waals surface area contributed by atoms with Crippen molar-refractivity contribution in [2.75, 3.05) is 13.2 Å². The molecule has 1 rings (SSSR count). The van der Waals surface area contributed by atoms with Crippen molar-refractivity contribution in [3.63, 3.8) is 0 Å². The summed E-state index contributed by atoms with van der Waals surface area (Å²) in [7, 11) is 0. The van der Waals surface area contributed by atoms with E-state index in [1.807, 2.05) is 13.8 Å². The molecule has 3 heteroatoms. The summed E-state index contributed by atoms with van der Waals surface area (Å²) in [4.78, 5) is 0. The first kappa shape index (κ1) is 12.0. The zero-order chi connectivity index (χ0) is 11.4. The summed E-state index contributed by atoms with van der Waals surface area (Å²) in [5.74, 6) is 0.890. The quantitative estimate of drug-likeness (QED) is 0.791. The Kier molecular flexibility index (Phi) is 4.12. The number of rotatable bonds is 4. The minimum atomic E-state index is -0.148. The second kappa shape index (κ2) is 5.14. The molecule has 0 amide bonds. The third-order valence-corrected chi connectivity index (χ3v) is 2.39. The Morgan fingerprint density at radius 1 is 1.33 bits per heavy atom. The summed E-state index contributed by atoms with van der Waals surface area (Å²) in [5.41, 5.74) is 14.9. The number of aryl methyl sites for hydroxylation is 2. The van der Waals surface area contributed by atoms with Crippen LogP contribution in [0.15, 0.2) is 12.1 Å². The molecule has 0 aliphatic carbocycles. The van der Waals surface area contributed by atoms with E-state index in [9.17, 15) is 0 Å². The van der Waals surface area contributed by atoms with Gasteiger partial charge < -0.3 is 16.2 Å². The first-order chi connectivity index (χ1) is 7.10. The molecule has 0 saturated carbocycles. The maximum Gasteiger partial charge on any atom is 0.127 e. The van der Waals surface area contributed by atoms with Crippen LogP contribution < -0.4 is 16.2 Å². The van der Waals surface area contributed by atoms with Gasteiger partial charge in [0.15, 0.2) is 0 Å². The van der Waals surface area contributed by atoms with Crippen molar-refractivity contribution >= 4 is 0 Å². The van der Waals surface area contributed by atoms with Crippen molar-refractivity contribution in [3.8, 4) is 5.75 Å². The zero-order valence-corrected chi connectivity index (χ0v) is 9.71. The SMILES string of the molecule is CCOc1c(C)cc(C)cc1C(N)CN. The Morgan fingerprint density at radius 3 is 2.53 bits per heavy atom. The van der Waals surface area contributed by atoms with E-state index in [-0.39, 0.29) is 6.04 Å². The molecule has 0 aliphatic heterocycles. The average Bonchev–Trinajstić information content (AvgIpc) is 2.20. The lowest BCUT2D eigenvalue weighted by Crippen LogP contribution is -2.22. The van der Waals surface area contributed by atoms with Crippen LogP contribution in [0, 0.1) is 13.8 Å². The fourth-order valence-corrected chi connectivity index (χ4v) is 1.73.